The van der Waals surface area contributed by atoms with E-state index in [1.54, 1.807) is 6.92 Å². The summed E-state index contributed by atoms with van der Waals surface area (Å²) in [4.78, 5) is 20.5. The van der Waals surface area contributed by atoms with Crippen LogP contribution >= 0.6 is 0 Å². The van der Waals surface area contributed by atoms with Gasteiger partial charge in [0.25, 0.3) is 0 Å². The molecule has 0 aliphatic heterocycles. The number of hydrazine groups is 1. The zero-order valence-electron chi connectivity index (χ0n) is 5.70. The highest BCUT2D eigenvalue weighted by molar-refractivity contribution is 5.92. The smallest absolute Gasteiger partial charge is 0.312 e. The predicted octanol–water partition coefficient (Wildman–Crippen LogP) is -0.817. The maximum atomic E-state index is 10.6. The minimum atomic E-state index is -1.16. The lowest BCUT2D eigenvalue weighted by Crippen LogP contribution is -2.38. The number of aliphatic carboxylic acids is 1. The summed E-state index contributed by atoms with van der Waals surface area (Å²) in [6.07, 6.45) is -0.537. The second-order valence-electron chi connectivity index (χ2n) is 1.75. The summed E-state index contributed by atoms with van der Waals surface area (Å²) in [7, 11) is 0. The van der Waals surface area contributed by atoms with Crippen molar-refractivity contribution in [1.82, 2.24) is 5.01 Å². The molecule has 0 saturated carbocycles. The fourth-order valence-corrected chi connectivity index (χ4v) is 0.407. The Labute approximate surface area is 58.4 Å². The summed E-state index contributed by atoms with van der Waals surface area (Å²) < 4.78 is 0. The number of carboxylic acid groups (broad SMARTS) is 1. The number of nitrogens with zero attached hydrogens (tertiary/aromatic N) is 1. The van der Waals surface area contributed by atoms with Gasteiger partial charge in [-0.05, 0) is 6.92 Å². The summed E-state index contributed by atoms with van der Waals surface area (Å²) in [5.74, 6) is 3.35. The topological polar surface area (TPSA) is 83.6 Å². The fourth-order valence-electron chi connectivity index (χ4n) is 0.407. The number of nitrogens with two attached hydrogens (primary N) is 1. The largest absolute Gasteiger partial charge is 0.481 e. The Balaban J connectivity index is 3.73. The number of rotatable bonds is 3. The van der Waals surface area contributed by atoms with E-state index in [9.17, 15) is 9.59 Å². The van der Waals surface area contributed by atoms with Crippen molar-refractivity contribution >= 4 is 11.9 Å². The van der Waals surface area contributed by atoms with Gasteiger partial charge in [0.2, 0.25) is 5.91 Å². The quantitative estimate of drug-likeness (QED) is 0.236. The van der Waals surface area contributed by atoms with Gasteiger partial charge in [-0.2, -0.15) is 0 Å². The lowest BCUT2D eigenvalue weighted by molar-refractivity contribution is -0.144. The fraction of sp³-hybridized carbons (Fsp3) is 0.600. The van der Waals surface area contributed by atoms with E-state index in [-0.39, 0.29) is 0 Å². The lowest BCUT2D eigenvalue weighted by Gasteiger charge is -2.11. The van der Waals surface area contributed by atoms with Crippen LogP contribution in [0.2, 0.25) is 0 Å². The highest BCUT2D eigenvalue weighted by atomic mass is 16.4. The molecule has 0 aromatic rings. The summed E-state index contributed by atoms with van der Waals surface area (Å²) >= 11 is 0. The van der Waals surface area contributed by atoms with E-state index in [0.29, 0.717) is 6.54 Å². The van der Waals surface area contributed by atoms with Gasteiger partial charge >= 0.3 is 5.97 Å². The molecule has 0 aromatic heterocycles. The van der Waals surface area contributed by atoms with E-state index in [1.165, 1.54) is 0 Å². The van der Waals surface area contributed by atoms with E-state index in [4.69, 9.17) is 10.9 Å². The van der Waals surface area contributed by atoms with Crippen molar-refractivity contribution in [2.75, 3.05) is 6.54 Å². The monoisotopic (exact) mass is 146 g/mol. The molecule has 58 valence electrons. The molecule has 5 nitrogen and oxygen atoms in total. The van der Waals surface area contributed by atoms with Gasteiger partial charge in [-0.25, -0.2) is 5.84 Å². The summed E-state index contributed by atoms with van der Waals surface area (Å²) in [6, 6.07) is 0. The number of amides is 1. The molecule has 0 aliphatic carbocycles. The molecule has 10 heavy (non-hydrogen) atoms. The van der Waals surface area contributed by atoms with E-state index >= 15 is 0 Å². The molecule has 0 atom stereocenters. The maximum absolute atomic E-state index is 10.6. The molecule has 0 saturated heterocycles. The van der Waals surface area contributed by atoms with E-state index in [1.807, 2.05) is 0 Å². The minimum Gasteiger partial charge on any atom is -0.481 e. The highest BCUT2D eigenvalue weighted by Crippen LogP contribution is 1.86. The van der Waals surface area contributed by atoms with E-state index < -0.39 is 18.3 Å². The molecule has 5 heteroatoms. The van der Waals surface area contributed by atoms with Crippen molar-refractivity contribution in [1.29, 1.82) is 0 Å². The molecule has 0 heterocycles. The summed E-state index contributed by atoms with van der Waals surface area (Å²) in [5, 5.41) is 8.99. The Morgan fingerprint density at radius 1 is 1.60 bits per heavy atom. The molecule has 0 radical (unpaired) electrons. The molecule has 3 N–H and O–H groups in total. The van der Waals surface area contributed by atoms with Crippen molar-refractivity contribution in [2.45, 2.75) is 13.3 Å². The molecule has 0 rings (SSSR count). The zero-order chi connectivity index (χ0) is 8.15. The van der Waals surface area contributed by atoms with Gasteiger partial charge in [-0.3, -0.25) is 14.6 Å². The van der Waals surface area contributed by atoms with Crippen LogP contribution in [0.4, 0.5) is 0 Å². The normalized spacial score (nSPS) is 9.00. The van der Waals surface area contributed by atoms with Crippen LogP contribution in [0.5, 0.6) is 0 Å². The number of hydrogen-bond donors (Lipinski definition) is 2. The molecule has 0 bridgehead atoms. The van der Waals surface area contributed by atoms with Crippen molar-refractivity contribution < 1.29 is 14.7 Å². The van der Waals surface area contributed by atoms with Gasteiger partial charge in [0.15, 0.2) is 0 Å². The molecular formula is C5H10N2O3. The SMILES string of the molecule is CCN(N)C(=O)CC(=O)O. The summed E-state index contributed by atoms with van der Waals surface area (Å²) in [5.41, 5.74) is 0. The lowest BCUT2D eigenvalue weighted by atomic mass is 10.4. The number of carboxylic acids is 1. The van der Waals surface area contributed by atoms with E-state index in [2.05, 4.69) is 0 Å². The second kappa shape index (κ2) is 3.84. The summed E-state index contributed by atoms with van der Waals surface area (Å²) in [6.45, 7) is 1.99. The van der Waals surface area contributed by atoms with Crippen LogP contribution in [0.3, 0.4) is 0 Å². The molecule has 0 spiro atoms. The van der Waals surface area contributed by atoms with Crippen LogP contribution in [-0.4, -0.2) is 28.5 Å². The highest BCUT2D eigenvalue weighted by Gasteiger charge is 2.10. The zero-order valence-corrected chi connectivity index (χ0v) is 5.70. The van der Waals surface area contributed by atoms with Crippen LogP contribution in [0.25, 0.3) is 0 Å². The average molecular weight is 146 g/mol. The first-order valence-corrected chi connectivity index (χ1v) is 2.84. The molecule has 0 aliphatic rings. The Morgan fingerprint density at radius 2 is 2.10 bits per heavy atom. The Kier molecular flexibility index (Phi) is 3.42. The first kappa shape index (κ1) is 8.90. The van der Waals surface area contributed by atoms with Gasteiger partial charge in [0.05, 0.1) is 0 Å². The standard InChI is InChI=1S/C5H10N2O3/c1-2-7(6)4(8)3-5(9)10/h2-3,6H2,1H3,(H,9,10). The van der Waals surface area contributed by atoms with Crippen LogP contribution in [0.1, 0.15) is 13.3 Å². The predicted molar refractivity (Wildman–Crippen MR) is 33.8 cm³/mol. The Bertz CT molecular complexity index is 146. The molecule has 0 fully saturated rings. The third-order valence-electron chi connectivity index (χ3n) is 0.963. The van der Waals surface area contributed by atoms with Crippen LogP contribution < -0.4 is 5.84 Å². The van der Waals surface area contributed by atoms with Crippen molar-refractivity contribution in [3.8, 4) is 0 Å². The van der Waals surface area contributed by atoms with Gasteiger partial charge in [0, 0.05) is 6.54 Å². The van der Waals surface area contributed by atoms with Gasteiger partial charge in [-0.1, -0.05) is 0 Å². The third-order valence-corrected chi connectivity index (χ3v) is 0.963. The van der Waals surface area contributed by atoms with Gasteiger partial charge in [-0.15, -0.1) is 0 Å². The molecule has 0 aromatic carbocycles. The van der Waals surface area contributed by atoms with Crippen molar-refractivity contribution in [2.24, 2.45) is 5.84 Å². The van der Waals surface area contributed by atoms with Crippen molar-refractivity contribution in [3.63, 3.8) is 0 Å². The van der Waals surface area contributed by atoms with Crippen molar-refractivity contribution in [3.05, 3.63) is 0 Å². The Hall–Kier alpha value is -1.10. The Morgan fingerprint density at radius 3 is 2.40 bits per heavy atom. The molecular weight excluding hydrogens is 136 g/mol. The number of hydrogen-bond acceptors (Lipinski definition) is 3. The van der Waals surface area contributed by atoms with Gasteiger partial charge in [0.1, 0.15) is 6.42 Å². The minimum absolute atomic E-state index is 0.326. The first-order chi connectivity index (χ1) is 4.57. The maximum Gasteiger partial charge on any atom is 0.312 e. The second-order valence-corrected chi connectivity index (χ2v) is 1.75. The van der Waals surface area contributed by atoms with Crippen LogP contribution in [-0.2, 0) is 9.59 Å². The van der Waals surface area contributed by atoms with Crippen LogP contribution in [0.15, 0.2) is 0 Å². The van der Waals surface area contributed by atoms with Crippen LogP contribution in [0, 0.1) is 0 Å². The average Bonchev–Trinajstić information content (AvgIpc) is 1.85. The van der Waals surface area contributed by atoms with Gasteiger partial charge < -0.3 is 5.11 Å². The third kappa shape index (κ3) is 3.03. The molecule has 1 amide bonds. The molecule has 0 unspecified atom stereocenters. The first-order valence-electron chi connectivity index (χ1n) is 2.84. The van der Waals surface area contributed by atoms with E-state index in [0.717, 1.165) is 5.01 Å². The number of carbonyl (C=O) groups is 2. The number of carbonyl (C=O) groups excluding carboxylic acids is 1.